The number of carbonyl (C=O) groups excluding carboxylic acids is 3. The number of benzene rings is 2. The van der Waals surface area contributed by atoms with E-state index in [1.165, 1.54) is 4.90 Å². The average molecular weight is 483 g/mol. The largest absolute Gasteiger partial charge is 0.378 e. The zero-order valence-corrected chi connectivity index (χ0v) is 20.5. The Labute approximate surface area is 210 Å². The molecule has 2 aliphatic carbocycles. The second-order valence-electron chi connectivity index (χ2n) is 10.4. The van der Waals surface area contributed by atoms with Crippen molar-refractivity contribution >= 4 is 34.3 Å². The quantitative estimate of drug-likeness (QED) is 0.400. The van der Waals surface area contributed by atoms with E-state index in [1.54, 1.807) is 0 Å². The summed E-state index contributed by atoms with van der Waals surface area (Å²) in [4.78, 5) is 45.6. The van der Waals surface area contributed by atoms with Crippen molar-refractivity contribution in [3.63, 3.8) is 0 Å². The summed E-state index contributed by atoms with van der Waals surface area (Å²) in [6.45, 7) is 0.141. The van der Waals surface area contributed by atoms with E-state index < -0.39 is 0 Å². The molecule has 3 aromatic rings. The van der Waals surface area contributed by atoms with Gasteiger partial charge in [0.25, 0.3) is 0 Å². The number of H-pyrrole nitrogens is 1. The van der Waals surface area contributed by atoms with Gasteiger partial charge in [-0.2, -0.15) is 0 Å². The van der Waals surface area contributed by atoms with Crippen LogP contribution >= 0.6 is 0 Å². The summed E-state index contributed by atoms with van der Waals surface area (Å²) in [6, 6.07) is 16.4. The van der Waals surface area contributed by atoms with E-state index in [0.29, 0.717) is 6.54 Å². The number of nitrogens with zero attached hydrogens (tertiary/aromatic N) is 2. The maximum absolute atomic E-state index is 13.0. The van der Waals surface area contributed by atoms with E-state index in [0.717, 1.165) is 34.1 Å². The first kappa shape index (κ1) is 22.6. The monoisotopic (exact) mass is 482 g/mol. The molecule has 36 heavy (non-hydrogen) atoms. The molecule has 2 fully saturated rings. The first-order valence-electron chi connectivity index (χ1n) is 12.6. The topological polar surface area (TPSA) is 85.5 Å². The number of carbonyl (C=O) groups is 3. The summed E-state index contributed by atoms with van der Waals surface area (Å²) < 4.78 is 0. The average Bonchev–Trinajstić information content (AvgIpc) is 3.65. The standard InChI is InChI=1S/C29H30N4O3/c1-32(2)20-11-9-17(10-12-20)22(23-15-30-24-6-4-3-5-21(23)24)14-31-25(34)16-33-28(35)26-18-7-8-19(13-18)27(26)29(33)36/h3-12,15,18-19,22,26-27,30H,13-14,16H2,1-2H3,(H,31,34)/t18-,19-,22-,26-,27-/m0/s1. The third-order valence-electron chi connectivity index (χ3n) is 8.18. The van der Waals surface area contributed by atoms with Crippen LogP contribution in [0.15, 0.2) is 66.9 Å². The number of hydrogen-bond acceptors (Lipinski definition) is 4. The molecule has 7 nitrogen and oxygen atoms in total. The third kappa shape index (κ3) is 3.61. The fraction of sp³-hybridized carbons (Fsp3) is 0.345. The van der Waals surface area contributed by atoms with Crippen LogP contribution in [0.4, 0.5) is 5.69 Å². The molecule has 0 radical (unpaired) electrons. The zero-order valence-electron chi connectivity index (χ0n) is 20.5. The van der Waals surface area contributed by atoms with Gasteiger partial charge in [0.05, 0.1) is 11.8 Å². The van der Waals surface area contributed by atoms with Crippen molar-refractivity contribution in [2.75, 3.05) is 32.1 Å². The van der Waals surface area contributed by atoms with Crippen LogP contribution in [0.3, 0.4) is 0 Å². The second kappa shape index (κ2) is 8.66. The number of hydrogen-bond donors (Lipinski definition) is 2. The van der Waals surface area contributed by atoms with E-state index in [9.17, 15) is 14.4 Å². The second-order valence-corrected chi connectivity index (χ2v) is 10.4. The number of allylic oxidation sites excluding steroid dienone is 2. The minimum atomic E-state index is -0.313. The van der Waals surface area contributed by atoms with Crippen molar-refractivity contribution in [3.8, 4) is 0 Å². The lowest BCUT2D eigenvalue weighted by atomic mass is 9.85. The lowest BCUT2D eigenvalue weighted by molar-refractivity contribution is -0.144. The van der Waals surface area contributed by atoms with Crippen LogP contribution in [0, 0.1) is 23.7 Å². The summed E-state index contributed by atoms with van der Waals surface area (Å²) in [5, 5.41) is 4.12. The first-order chi connectivity index (χ1) is 17.4. The van der Waals surface area contributed by atoms with Crippen LogP contribution in [0.25, 0.3) is 10.9 Å². The molecule has 1 aromatic heterocycles. The Kier molecular flexibility index (Phi) is 5.43. The van der Waals surface area contributed by atoms with Crippen LogP contribution in [-0.2, 0) is 14.4 Å². The van der Waals surface area contributed by atoms with Gasteiger partial charge in [0.2, 0.25) is 17.7 Å². The normalized spacial score (nSPS) is 25.0. The lowest BCUT2D eigenvalue weighted by Gasteiger charge is -2.21. The van der Waals surface area contributed by atoms with Gasteiger partial charge in [-0.25, -0.2) is 0 Å². The van der Waals surface area contributed by atoms with Gasteiger partial charge in [-0.1, -0.05) is 42.5 Å². The molecule has 1 aliphatic heterocycles. The molecule has 1 saturated carbocycles. The summed E-state index contributed by atoms with van der Waals surface area (Å²) in [7, 11) is 4.01. The van der Waals surface area contributed by atoms with Gasteiger partial charge >= 0.3 is 0 Å². The number of fused-ring (bicyclic) bond motifs is 6. The SMILES string of the molecule is CN(C)c1ccc([C@H](CNC(=O)CN2C(=O)[C@@H]3[C@@H](C2=O)[C@H]2C=C[C@H]3C2)c2c[nH]c3ccccc23)cc1. The molecule has 3 aliphatic rings. The molecule has 7 heteroatoms. The summed E-state index contributed by atoms with van der Waals surface area (Å²) in [5.41, 5.74) is 4.31. The molecule has 2 N–H and O–H groups in total. The van der Waals surface area contributed by atoms with E-state index in [2.05, 4.69) is 52.8 Å². The number of amides is 3. The highest BCUT2D eigenvalue weighted by atomic mass is 16.2. The number of aromatic amines is 1. The summed E-state index contributed by atoms with van der Waals surface area (Å²) in [6.07, 6.45) is 7.01. The van der Waals surface area contributed by atoms with Crippen LogP contribution in [0.5, 0.6) is 0 Å². The number of anilines is 1. The van der Waals surface area contributed by atoms with Crippen molar-refractivity contribution in [3.05, 3.63) is 78.0 Å². The highest BCUT2D eigenvalue weighted by Crippen LogP contribution is 2.52. The number of likely N-dealkylation sites (tertiary alicyclic amines) is 1. The lowest BCUT2D eigenvalue weighted by Crippen LogP contribution is -2.42. The summed E-state index contributed by atoms with van der Waals surface area (Å²) in [5.74, 6) is -1.07. The van der Waals surface area contributed by atoms with Gasteiger partial charge in [0.15, 0.2) is 0 Å². The summed E-state index contributed by atoms with van der Waals surface area (Å²) >= 11 is 0. The number of aromatic nitrogens is 1. The molecule has 2 heterocycles. The molecule has 1 saturated heterocycles. The number of nitrogens with one attached hydrogen (secondary N) is 2. The van der Waals surface area contributed by atoms with Crippen molar-refractivity contribution < 1.29 is 14.4 Å². The Balaban J connectivity index is 1.21. The zero-order chi connectivity index (χ0) is 25.0. The number of imide groups is 1. The molecular formula is C29H30N4O3. The van der Waals surface area contributed by atoms with Gasteiger partial charge in [-0.05, 0) is 47.6 Å². The minimum absolute atomic E-state index is 0.0919. The Morgan fingerprint density at radius 2 is 1.69 bits per heavy atom. The predicted molar refractivity (Wildman–Crippen MR) is 138 cm³/mol. The third-order valence-corrected chi connectivity index (χ3v) is 8.18. The van der Waals surface area contributed by atoms with Crippen molar-refractivity contribution in [2.45, 2.75) is 12.3 Å². The molecule has 184 valence electrons. The van der Waals surface area contributed by atoms with Gasteiger partial charge < -0.3 is 15.2 Å². The van der Waals surface area contributed by atoms with Gasteiger partial charge in [-0.15, -0.1) is 0 Å². The predicted octanol–water partition coefficient (Wildman–Crippen LogP) is 3.29. The fourth-order valence-corrected chi connectivity index (χ4v) is 6.33. The minimum Gasteiger partial charge on any atom is -0.378 e. The van der Waals surface area contributed by atoms with Crippen LogP contribution in [-0.4, -0.2) is 54.8 Å². The van der Waals surface area contributed by atoms with Crippen LogP contribution < -0.4 is 10.2 Å². The highest BCUT2D eigenvalue weighted by Gasteiger charge is 2.59. The maximum atomic E-state index is 13.0. The van der Waals surface area contributed by atoms with Gasteiger partial charge in [0, 0.05) is 49.3 Å². The molecule has 0 unspecified atom stereocenters. The van der Waals surface area contributed by atoms with Gasteiger partial charge in [-0.3, -0.25) is 19.3 Å². The van der Waals surface area contributed by atoms with Crippen LogP contribution in [0.1, 0.15) is 23.5 Å². The molecule has 3 amide bonds. The Bertz CT molecular complexity index is 1340. The molecular weight excluding hydrogens is 452 g/mol. The Morgan fingerprint density at radius 3 is 2.36 bits per heavy atom. The van der Waals surface area contributed by atoms with Crippen molar-refractivity contribution in [1.29, 1.82) is 0 Å². The maximum Gasteiger partial charge on any atom is 0.240 e. The van der Waals surface area contributed by atoms with Crippen LogP contribution in [0.2, 0.25) is 0 Å². The van der Waals surface area contributed by atoms with E-state index in [-0.39, 0.29) is 53.9 Å². The van der Waals surface area contributed by atoms with Gasteiger partial charge in [0.1, 0.15) is 6.54 Å². The number of para-hydroxylation sites is 1. The number of rotatable bonds is 7. The fourth-order valence-electron chi connectivity index (χ4n) is 6.33. The Hall–Kier alpha value is -3.87. The highest BCUT2D eigenvalue weighted by molar-refractivity contribution is 6.08. The van der Waals surface area contributed by atoms with E-state index >= 15 is 0 Å². The van der Waals surface area contributed by atoms with E-state index in [1.807, 2.05) is 43.4 Å². The molecule has 2 aromatic carbocycles. The first-order valence-corrected chi connectivity index (χ1v) is 12.6. The Morgan fingerprint density at radius 1 is 1.03 bits per heavy atom. The molecule has 5 atom stereocenters. The van der Waals surface area contributed by atoms with Crippen molar-refractivity contribution in [2.24, 2.45) is 23.7 Å². The molecule has 0 spiro atoms. The smallest absolute Gasteiger partial charge is 0.240 e. The molecule has 2 bridgehead atoms. The van der Waals surface area contributed by atoms with Crippen molar-refractivity contribution in [1.82, 2.24) is 15.2 Å². The molecule has 6 rings (SSSR count). The van der Waals surface area contributed by atoms with E-state index in [4.69, 9.17) is 0 Å².